The molecular formula is C26H27ClFN5O6S. The number of amides is 2. The van der Waals surface area contributed by atoms with Gasteiger partial charge in [-0.1, -0.05) is 35.8 Å². The Labute approximate surface area is 234 Å². The molecule has 1 saturated heterocycles. The number of aromatic nitrogens is 2. The normalized spacial score (nSPS) is 20.1. The Kier molecular flexibility index (Phi) is 7.31. The fourth-order valence-corrected chi connectivity index (χ4v) is 6.62. The number of piperidine rings is 1. The maximum atomic E-state index is 15.5. The van der Waals surface area contributed by atoms with Crippen molar-refractivity contribution >= 4 is 39.1 Å². The molecule has 0 bridgehead atoms. The van der Waals surface area contributed by atoms with Gasteiger partial charge in [0.05, 0.1) is 47.0 Å². The van der Waals surface area contributed by atoms with Gasteiger partial charge in [0.25, 0.3) is 0 Å². The first-order valence-electron chi connectivity index (χ1n) is 12.5. The molecular weight excluding hydrogens is 565 g/mol. The second kappa shape index (κ2) is 10.5. The predicted octanol–water partition coefficient (Wildman–Crippen LogP) is 3.30. The number of methoxy groups -OCH3 is 1. The minimum absolute atomic E-state index is 0.0243. The van der Waals surface area contributed by atoms with Crippen molar-refractivity contribution in [3.8, 4) is 11.4 Å². The van der Waals surface area contributed by atoms with Crippen LogP contribution in [0, 0.1) is 5.82 Å². The molecule has 1 atom stereocenters. The molecule has 1 fully saturated rings. The van der Waals surface area contributed by atoms with E-state index in [1.54, 1.807) is 29.2 Å². The lowest BCUT2D eigenvalue weighted by atomic mass is 9.80. The molecule has 0 unspecified atom stereocenters. The Bertz CT molecular complexity index is 1570. The summed E-state index contributed by atoms with van der Waals surface area (Å²) < 4.78 is 52.0. The van der Waals surface area contributed by atoms with E-state index in [4.69, 9.17) is 26.6 Å². The molecule has 5 rings (SSSR count). The first-order chi connectivity index (χ1) is 18.9. The van der Waals surface area contributed by atoms with Crippen LogP contribution in [0.5, 0.6) is 0 Å². The average molecular weight is 592 g/mol. The van der Waals surface area contributed by atoms with Crippen molar-refractivity contribution in [2.45, 2.75) is 42.7 Å². The smallest absolute Gasteiger partial charge is 0.409 e. The van der Waals surface area contributed by atoms with Crippen LogP contribution in [0.1, 0.15) is 31.2 Å². The SMILES string of the molecule is COC(=O)N1CCC(C)(c2nc(-c3cc4c(cc3F)S(=O)(=O)C[C@H](N)C(=O)N4Cc3ccc(Cl)cc3)no2)CC1. The van der Waals surface area contributed by atoms with Crippen LogP contribution in [0.3, 0.4) is 0 Å². The number of carbonyl (C=O) groups excluding carboxylic acids is 2. The molecule has 3 aromatic rings. The summed E-state index contributed by atoms with van der Waals surface area (Å²) in [5.74, 6) is -2.03. The molecule has 40 heavy (non-hydrogen) atoms. The van der Waals surface area contributed by atoms with Gasteiger partial charge in [-0.05, 0) is 42.7 Å². The van der Waals surface area contributed by atoms with Crippen molar-refractivity contribution in [1.29, 1.82) is 0 Å². The first-order valence-corrected chi connectivity index (χ1v) is 14.5. The van der Waals surface area contributed by atoms with Gasteiger partial charge in [0.2, 0.25) is 17.6 Å². The van der Waals surface area contributed by atoms with Crippen molar-refractivity contribution in [2.24, 2.45) is 5.73 Å². The Balaban J connectivity index is 1.53. The summed E-state index contributed by atoms with van der Waals surface area (Å²) in [5, 5.41) is 4.47. The van der Waals surface area contributed by atoms with Crippen LogP contribution in [0.15, 0.2) is 45.8 Å². The fourth-order valence-electron chi connectivity index (χ4n) is 4.93. The maximum Gasteiger partial charge on any atom is 0.409 e. The third-order valence-corrected chi connectivity index (χ3v) is 9.44. The molecule has 0 spiro atoms. The number of nitrogens with zero attached hydrogens (tertiary/aromatic N) is 4. The van der Waals surface area contributed by atoms with Crippen LogP contribution in [0.2, 0.25) is 5.02 Å². The Morgan fingerprint density at radius 1 is 1.25 bits per heavy atom. The number of benzene rings is 2. The number of likely N-dealkylation sites (tertiary alicyclic amines) is 1. The number of anilines is 1. The number of carbonyl (C=O) groups is 2. The van der Waals surface area contributed by atoms with E-state index >= 15 is 4.39 Å². The highest BCUT2D eigenvalue weighted by atomic mass is 35.5. The first kappa shape index (κ1) is 28.0. The summed E-state index contributed by atoms with van der Waals surface area (Å²) in [5.41, 5.74) is 5.88. The van der Waals surface area contributed by atoms with Crippen LogP contribution in [0.4, 0.5) is 14.9 Å². The third-order valence-electron chi connectivity index (χ3n) is 7.39. The summed E-state index contributed by atoms with van der Waals surface area (Å²) in [6.07, 6.45) is 0.596. The fraction of sp³-hybridized carbons (Fsp3) is 0.385. The van der Waals surface area contributed by atoms with Crippen LogP contribution in [-0.2, 0) is 31.3 Å². The van der Waals surface area contributed by atoms with E-state index < -0.39 is 44.9 Å². The molecule has 2 N–H and O–H groups in total. The summed E-state index contributed by atoms with van der Waals surface area (Å²) in [6, 6.07) is 7.44. The van der Waals surface area contributed by atoms with Gasteiger partial charge < -0.3 is 24.8 Å². The number of halogens is 2. The second-order valence-corrected chi connectivity index (χ2v) is 12.6. The molecule has 2 aromatic carbocycles. The van der Waals surface area contributed by atoms with Crippen molar-refractivity contribution in [2.75, 3.05) is 30.9 Å². The summed E-state index contributed by atoms with van der Waals surface area (Å²) in [4.78, 5) is 32.0. The maximum absolute atomic E-state index is 15.5. The van der Waals surface area contributed by atoms with Crippen molar-refractivity contribution in [3.05, 3.63) is 58.7 Å². The molecule has 2 amide bonds. The number of ether oxygens (including phenoxy) is 1. The highest BCUT2D eigenvalue weighted by molar-refractivity contribution is 7.91. The zero-order valence-electron chi connectivity index (χ0n) is 21.8. The topological polar surface area (TPSA) is 149 Å². The lowest BCUT2D eigenvalue weighted by molar-refractivity contribution is -0.119. The summed E-state index contributed by atoms with van der Waals surface area (Å²) in [7, 11) is -2.79. The molecule has 2 aliphatic rings. The largest absolute Gasteiger partial charge is 0.453 e. The van der Waals surface area contributed by atoms with Crippen molar-refractivity contribution < 1.29 is 31.7 Å². The molecule has 0 aliphatic carbocycles. The van der Waals surface area contributed by atoms with Gasteiger partial charge in [-0.15, -0.1) is 0 Å². The Morgan fingerprint density at radius 2 is 1.93 bits per heavy atom. The molecule has 3 heterocycles. The van der Waals surface area contributed by atoms with Crippen LogP contribution >= 0.6 is 11.6 Å². The van der Waals surface area contributed by atoms with E-state index in [2.05, 4.69) is 10.1 Å². The molecule has 1 aromatic heterocycles. The van der Waals surface area contributed by atoms with Gasteiger partial charge in [-0.2, -0.15) is 4.98 Å². The Hall–Kier alpha value is -3.55. The minimum atomic E-state index is -4.11. The zero-order chi connectivity index (χ0) is 28.8. The van der Waals surface area contributed by atoms with E-state index in [1.807, 2.05) is 6.92 Å². The lowest BCUT2D eigenvalue weighted by Crippen LogP contribution is -2.45. The summed E-state index contributed by atoms with van der Waals surface area (Å²) in [6.45, 7) is 2.71. The van der Waals surface area contributed by atoms with E-state index in [0.29, 0.717) is 36.5 Å². The number of fused-ring (bicyclic) bond motifs is 1. The third kappa shape index (κ3) is 5.16. The van der Waals surface area contributed by atoms with Gasteiger partial charge in [0, 0.05) is 18.1 Å². The molecule has 2 aliphatic heterocycles. The molecule has 0 radical (unpaired) electrons. The van der Waals surface area contributed by atoms with Gasteiger partial charge in [-0.25, -0.2) is 17.6 Å². The monoisotopic (exact) mass is 591 g/mol. The highest BCUT2D eigenvalue weighted by Crippen LogP contribution is 2.39. The minimum Gasteiger partial charge on any atom is -0.453 e. The quantitative estimate of drug-likeness (QED) is 0.482. The van der Waals surface area contributed by atoms with Gasteiger partial charge in [0.1, 0.15) is 5.82 Å². The number of sulfone groups is 1. The van der Waals surface area contributed by atoms with E-state index in [1.165, 1.54) is 18.1 Å². The van der Waals surface area contributed by atoms with Gasteiger partial charge in [0.15, 0.2) is 9.84 Å². The standard InChI is InChI=1S/C26H27ClFN5O6S/c1-26(7-9-32(10-8-26)25(35)38-2)24-30-22(31-39-24)17-11-20-21(12-18(17)28)40(36,37)14-19(29)23(34)33(20)13-15-3-5-16(27)6-4-15/h3-6,11-12,19H,7-10,13-14,29H2,1-2H3/t19-/m0/s1. The second-order valence-electron chi connectivity index (χ2n) is 10.2. The Morgan fingerprint density at radius 3 is 2.58 bits per heavy atom. The van der Waals surface area contributed by atoms with Crippen molar-refractivity contribution in [1.82, 2.24) is 15.0 Å². The molecule has 14 heteroatoms. The number of rotatable bonds is 4. The summed E-state index contributed by atoms with van der Waals surface area (Å²) >= 11 is 5.99. The number of nitrogens with two attached hydrogens (primary N) is 1. The van der Waals surface area contributed by atoms with Crippen LogP contribution in [-0.4, -0.2) is 67.5 Å². The molecule has 0 saturated carbocycles. The van der Waals surface area contributed by atoms with Crippen LogP contribution < -0.4 is 10.6 Å². The van der Waals surface area contributed by atoms with E-state index in [-0.39, 0.29) is 34.4 Å². The van der Waals surface area contributed by atoms with Crippen LogP contribution in [0.25, 0.3) is 11.4 Å². The van der Waals surface area contributed by atoms with E-state index in [0.717, 1.165) is 6.07 Å². The molecule has 11 nitrogen and oxygen atoms in total. The number of hydrogen-bond acceptors (Lipinski definition) is 9. The van der Waals surface area contributed by atoms with Gasteiger partial charge in [-0.3, -0.25) is 4.79 Å². The predicted molar refractivity (Wildman–Crippen MR) is 143 cm³/mol. The van der Waals surface area contributed by atoms with Crippen molar-refractivity contribution in [3.63, 3.8) is 0 Å². The molecule has 212 valence electrons. The lowest BCUT2D eigenvalue weighted by Gasteiger charge is -2.36. The number of hydrogen-bond donors (Lipinski definition) is 1. The van der Waals surface area contributed by atoms with E-state index in [9.17, 15) is 18.0 Å². The average Bonchev–Trinajstić information content (AvgIpc) is 3.41. The highest BCUT2D eigenvalue weighted by Gasteiger charge is 2.40. The zero-order valence-corrected chi connectivity index (χ0v) is 23.3. The van der Waals surface area contributed by atoms with Gasteiger partial charge >= 0.3 is 6.09 Å².